The molecule has 0 amide bonds. The zero-order chi connectivity index (χ0) is 15.2. The highest BCUT2D eigenvalue weighted by molar-refractivity contribution is 6.00. The summed E-state index contributed by atoms with van der Waals surface area (Å²) in [6, 6.07) is 18.8. The summed E-state index contributed by atoms with van der Waals surface area (Å²) in [5, 5.41) is 7.65. The van der Waals surface area contributed by atoms with E-state index >= 15 is 0 Å². The van der Waals surface area contributed by atoms with E-state index in [2.05, 4.69) is 20.4 Å². The molecule has 1 N–H and O–H groups in total. The molecule has 0 saturated carbocycles. The molecule has 5 nitrogen and oxygen atoms in total. The second-order valence-electron chi connectivity index (χ2n) is 4.42. The minimum atomic E-state index is 0.123. The van der Waals surface area contributed by atoms with Gasteiger partial charge in [0.15, 0.2) is 0 Å². The molecular formula is C17H12N4O. The molecule has 0 spiro atoms. The highest BCUT2D eigenvalue weighted by Crippen LogP contribution is 2.21. The SMILES string of the molecule is [C-]#[N+]/N=C(\Nc1cccc2ncccc12)Oc1ccccc1. The Kier molecular flexibility index (Phi) is 3.94. The van der Waals surface area contributed by atoms with E-state index in [-0.39, 0.29) is 6.02 Å². The highest BCUT2D eigenvalue weighted by Gasteiger charge is 2.09. The normalized spacial score (nSPS) is 11.0. The summed E-state index contributed by atoms with van der Waals surface area (Å²) in [7, 11) is 0. The molecule has 0 unspecified atom stereocenters. The van der Waals surface area contributed by atoms with Crippen LogP contribution in [0.2, 0.25) is 0 Å². The molecule has 106 valence electrons. The number of hydrogen-bond acceptors (Lipinski definition) is 3. The number of pyridine rings is 1. The van der Waals surface area contributed by atoms with Crippen molar-refractivity contribution in [2.24, 2.45) is 5.10 Å². The highest BCUT2D eigenvalue weighted by atomic mass is 16.5. The van der Waals surface area contributed by atoms with Gasteiger partial charge in [-0.2, -0.15) is 6.57 Å². The van der Waals surface area contributed by atoms with E-state index in [1.54, 1.807) is 18.3 Å². The number of aromatic nitrogens is 1. The lowest BCUT2D eigenvalue weighted by Gasteiger charge is -2.10. The first-order valence-electron chi connectivity index (χ1n) is 6.65. The summed E-state index contributed by atoms with van der Waals surface area (Å²) in [5.74, 6) is 0.607. The number of rotatable bonds is 2. The Morgan fingerprint density at radius 2 is 1.91 bits per heavy atom. The fourth-order valence-corrected chi connectivity index (χ4v) is 2.04. The van der Waals surface area contributed by atoms with Crippen LogP contribution in [0.3, 0.4) is 0 Å². The van der Waals surface area contributed by atoms with Crippen LogP contribution < -0.4 is 10.1 Å². The summed E-state index contributed by atoms with van der Waals surface area (Å²) in [4.78, 5) is 7.34. The van der Waals surface area contributed by atoms with Crippen molar-refractivity contribution in [1.29, 1.82) is 0 Å². The first kappa shape index (κ1) is 13.6. The second-order valence-corrected chi connectivity index (χ2v) is 4.42. The predicted octanol–water partition coefficient (Wildman–Crippen LogP) is 3.92. The smallest absolute Gasteiger partial charge is 0.378 e. The first-order chi connectivity index (χ1) is 10.9. The van der Waals surface area contributed by atoms with E-state index in [9.17, 15) is 0 Å². The maximum Gasteiger partial charge on any atom is 0.378 e. The van der Waals surface area contributed by atoms with Gasteiger partial charge in [-0.05, 0) is 36.4 Å². The lowest BCUT2D eigenvalue weighted by molar-refractivity contribution is 0.549. The van der Waals surface area contributed by atoms with Gasteiger partial charge in [0.05, 0.1) is 11.2 Å². The van der Waals surface area contributed by atoms with Crippen LogP contribution in [-0.2, 0) is 0 Å². The summed E-state index contributed by atoms with van der Waals surface area (Å²) in [5.41, 5.74) is 1.64. The average molecular weight is 288 g/mol. The van der Waals surface area contributed by atoms with Crippen LogP contribution in [-0.4, -0.2) is 11.0 Å². The maximum atomic E-state index is 6.93. The molecular weight excluding hydrogens is 276 g/mol. The fraction of sp³-hybridized carbons (Fsp3) is 0. The van der Waals surface area contributed by atoms with Crippen molar-refractivity contribution in [1.82, 2.24) is 4.98 Å². The summed E-state index contributed by atoms with van der Waals surface area (Å²) >= 11 is 0. The minimum Gasteiger partial charge on any atom is -0.421 e. The molecule has 0 saturated heterocycles. The van der Waals surface area contributed by atoms with Crippen LogP contribution in [0.15, 0.2) is 72.0 Å². The van der Waals surface area contributed by atoms with Crippen molar-refractivity contribution in [2.75, 3.05) is 5.32 Å². The summed E-state index contributed by atoms with van der Waals surface area (Å²) in [6.45, 7) is 6.93. The van der Waals surface area contributed by atoms with Crippen LogP contribution in [0.25, 0.3) is 15.9 Å². The zero-order valence-electron chi connectivity index (χ0n) is 11.6. The van der Waals surface area contributed by atoms with Crippen LogP contribution in [0.5, 0.6) is 5.75 Å². The fourth-order valence-electron chi connectivity index (χ4n) is 2.04. The van der Waals surface area contributed by atoms with E-state index in [0.29, 0.717) is 5.75 Å². The number of nitrogens with one attached hydrogen (secondary N) is 1. The molecule has 3 rings (SSSR count). The molecule has 3 aromatic rings. The van der Waals surface area contributed by atoms with Gasteiger partial charge in [-0.25, -0.2) is 0 Å². The molecule has 0 fully saturated rings. The van der Waals surface area contributed by atoms with Gasteiger partial charge >= 0.3 is 6.02 Å². The lowest BCUT2D eigenvalue weighted by atomic mass is 10.2. The quantitative estimate of drug-likeness (QED) is 0.336. The Labute approximate surface area is 127 Å². The number of para-hydroxylation sites is 1. The van der Waals surface area contributed by atoms with Gasteiger partial charge in [0.25, 0.3) is 0 Å². The van der Waals surface area contributed by atoms with Crippen LogP contribution in [0, 0.1) is 6.57 Å². The topological polar surface area (TPSA) is 50.9 Å². The van der Waals surface area contributed by atoms with E-state index in [1.807, 2.05) is 48.5 Å². The van der Waals surface area contributed by atoms with Gasteiger partial charge in [0.2, 0.25) is 0 Å². The van der Waals surface area contributed by atoms with Crippen LogP contribution in [0.4, 0.5) is 5.69 Å². The average Bonchev–Trinajstić information content (AvgIpc) is 2.56. The second kappa shape index (κ2) is 6.37. The van der Waals surface area contributed by atoms with Gasteiger partial charge in [-0.3, -0.25) is 4.98 Å². The number of hydrogen-bond donors (Lipinski definition) is 1. The van der Waals surface area contributed by atoms with Crippen molar-refractivity contribution < 1.29 is 4.74 Å². The molecule has 1 heterocycles. The van der Waals surface area contributed by atoms with E-state index in [0.717, 1.165) is 16.6 Å². The van der Waals surface area contributed by atoms with Gasteiger partial charge in [-0.1, -0.05) is 24.3 Å². The van der Waals surface area contributed by atoms with Crippen molar-refractivity contribution >= 4 is 22.6 Å². The van der Waals surface area contributed by atoms with E-state index in [4.69, 9.17) is 11.3 Å². The number of nitrogens with zero attached hydrogens (tertiary/aromatic N) is 3. The molecule has 0 atom stereocenters. The van der Waals surface area contributed by atoms with Crippen molar-refractivity contribution in [3.05, 3.63) is 78.4 Å². The number of ether oxygens (including phenoxy) is 1. The molecule has 0 bridgehead atoms. The molecule has 0 aliphatic carbocycles. The largest absolute Gasteiger partial charge is 0.421 e. The number of amidine groups is 1. The molecule has 0 aliphatic rings. The van der Waals surface area contributed by atoms with Gasteiger partial charge in [0, 0.05) is 11.6 Å². The Bertz CT molecular complexity index is 848. The Morgan fingerprint density at radius 1 is 1.05 bits per heavy atom. The standard InChI is InChI=1S/C17H12N4O/c1-18-21-17(22-13-7-3-2-4-8-13)20-16-11-5-10-15-14(16)9-6-12-19-15/h2-12H,(H,20,21). The summed E-state index contributed by atoms with van der Waals surface area (Å²) < 4.78 is 5.61. The third kappa shape index (κ3) is 3.02. The maximum absolute atomic E-state index is 6.93. The third-order valence-corrected chi connectivity index (χ3v) is 2.99. The predicted molar refractivity (Wildman–Crippen MR) is 86.5 cm³/mol. The van der Waals surface area contributed by atoms with Crippen LogP contribution >= 0.6 is 0 Å². The van der Waals surface area contributed by atoms with Gasteiger partial charge < -0.3 is 10.1 Å². The molecule has 22 heavy (non-hydrogen) atoms. The molecule has 0 aliphatic heterocycles. The molecule has 2 aromatic carbocycles. The third-order valence-electron chi connectivity index (χ3n) is 2.99. The Balaban J connectivity index is 1.91. The number of fused-ring (bicyclic) bond motifs is 1. The first-order valence-corrected chi connectivity index (χ1v) is 6.65. The monoisotopic (exact) mass is 288 g/mol. The number of benzene rings is 2. The minimum absolute atomic E-state index is 0.123. The molecule has 1 aromatic heterocycles. The zero-order valence-corrected chi connectivity index (χ0v) is 11.6. The van der Waals surface area contributed by atoms with Gasteiger partial charge in [0.1, 0.15) is 10.9 Å². The Morgan fingerprint density at radius 3 is 2.73 bits per heavy atom. The van der Waals surface area contributed by atoms with E-state index in [1.165, 1.54) is 0 Å². The van der Waals surface area contributed by atoms with Crippen molar-refractivity contribution in [2.45, 2.75) is 0 Å². The Hall–Kier alpha value is -3.39. The lowest BCUT2D eigenvalue weighted by Crippen LogP contribution is -2.19. The van der Waals surface area contributed by atoms with Crippen LogP contribution in [0.1, 0.15) is 0 Å². The van der Waals surface area contributed by atoms with E-state index < -0.39 is 0 Å². The van der Waals surface area contributed by atoms with Crippen molar-refractivity contribution in [3.8, 4) is 5.75 Å². The number of anilines is 1. The summed E-state index contributed by atoms with van der Waals surface area (Å²) in [6.07, 6.45) is 1.74. The molecule has 5 heteroatoms. The van der Waals surface area contributed by atoms with Gasteiger partial charge in [-0.15, -0.1) is 4.95 Å². The molecule has 0 radical (unpaired) electrons. The van der Waals surface area contributed by atoms with Crippen molar-refractivity contribution in [3.63, 3.8) is 0 Å².